The van der Waals surface area contributed by atoms with E-state index < -0.39 is 0 Å². The Balaban J connectivity index is 1.72. The van der Waals surface area contributed by atoms with E-state index in [9.17, 15) is 9.59 Å². The number of amides is 1. The molecule has 0 aliphatic carbocycles. The zero-order valence-corrected chi connectivity index (χ0v) is 14.7. The van der Waals surface area contributed by atoms with E-state index in [4.69, 9.17) is 5.26 Å². The quantitative estimate of drug-likeness (QED) is 0.554. The van der Waals surface area contributed by atoms with Gasteiger partial charge in [0.15, 0.2) is 6.29 Å². The fraction of sp³-hybridized carbons (Fsp3) is 0. The van der Waals surface area contributed by atoms with E-state index in [1.807, 2.05) is 47.0 Å². The third kappa shape index (κ3) is 3.13. The molecule has 0 aliphatic rings. The molecule has 0 fully saturated rings. The Morgan fingerprint density at radius 2 is 1.93 bits per heavy atom. The first-order valence-corrected chi connectivity index (χ1v) is 8.53. The highest BCUT2D eigenvalue weighted by atomic mass is 16.1. The molecular weight excluding hydrogens is 352 g/mol. The fourth-order valence-electron chi connectivity index (χ4n) is 3.07. The number of benzene rings is 2. The maximum atomic E-state index is 12.6. The Kier molecular flexibility index (Phi) is 4.40. The fourth-order valence-corrected chi connectivity index (χ4v) is 3.07. The van der Waals surface area contributed by atoms with Crippen LogP contribution >= 0.6 is 0 Å². The second-order valence-electron chi connectivity index (χ2n) is 6.14. The topological polar surface area (TPSA) is 87.8 Å². The Hall–Kier alpha value is -4.24. The third-order valence-electron chi connectivity index (χ3n) is 4.39. The van der Waals surface area contributed by atoms with Crippen molar-refractivity contribution in [2.75, 3.05) is 5.32 Å². The van der Waals surface area contributed by atoms with E-state index >= 15 is 0 Å². The van der Waals surface area contributed by atoms with Gasteiger partial charge in [0, 0.05) is 40.3 Å². The molecule has 0 spiro atoms. The molecule has 0 aliphatic heterocycles. The van der Waals surface area contributed by atoms with Crippen LogP contribution in [-0.4, -0.2) is 21.7 Å². The summed E-state index contributed by atoms with van der Waals surface area (Å²) < 4.78 is 1.92. The average Bonchev–Trinajstić information content (AvgIpc) is 3.12. The Morgan fingerprint density at radius 1 is 1.11 bits per heavy atom. The van der Waals surface area contributed by atoms with Gasteiger partial charge in [0.2, 0.25) is 0 Å². The number of nitrogens with zero attached hydrogens (tertiary/aromatic N) is 3. The van der Waals surface area contributed by atoms with Crippen molar-refractivity contribution in [2.24, 2.45) is 0 Å². The largest absolute Gasteiger partial charge is 0.322 e. The van der Waals surface area contributed by atoms with Gasteiger partial charge in [-0.2, -0.15) is 5.26 Å². The first kappa shape index (κ1) is 17.2. The molecule has 6 nitrogen and oxygen atoms in total. The van der Waals surface area contributed by atoms with Crippen molar-refractivity contribution in [3.63, 3.8) is 0 Å². The van der Waals surface area contributed by atoms with Crippen LogP contribution in [-0.2, 0) is 0 Å². The number of para-hydroxylation sites is 1. The lowest BCUT2D eigenvalue weighted by atomic mass is 10.1. The van der Waals surface area contributed by atoms with Gasteiger partial charge >= 0.3 is 0 Å². The number of rotatable bonds is 4. The van der Waals surface area contributed by atoms with Gasteiger partial charge in [0.25, 0.3) is 5.91 Å². The van der Waals surface area contributed by atoms with Crippen molar-refractivity contribution < 1.29 is 9.59 Å². The molecule has 1 N–H and O–H groups in total. The first-order valence-electron chi connectivity index (χ1n) is 8.53. The van der Waals surface area contributed by atoms with Gasteiger partial charge in [-0.1, -0.05) is 18.2 Å². The summed E-state index contributed by atoms with van der Waals surface area (Å²) in [6.45, 7) is 0. The molecular formula is C22H14N4O2. The molecule has 0 atom stereocenters. The number of aldehydes is 1. The third-order valence-corrected chi connectivity index (χ3v) is 4.39. The van der Waals surface area contributed by atoms with Gasteiger partial charge in [-0.05, 0) is 42.5 Å². The number of anilines is 1. The summed E-state index contributed by atoms with van der Waals surface area (Å²) in [5.41, 5.74) is 3.38. The summed E-state index contributed by atoms with van der Waals surface area (Å²) in [7, 11) is 0. The van der Waals surface area contributed by atoms with E-state index in [0.717, 1.165) is 17.5 Å². The SMILES string of the molecule is N#Cc1cc(NC(=O)c2ccc3c(c2)c(C=O)cn3-c2ccccc2)ccn1. The lowest BCUT2D eigenvalue weighted by Gasteiger charge is -2.07. The Morgan fingerprint density at radius 3 is 2.68 bits per heavy atom. The van der Waals surface area contributed by atoms with Crippen molar-refractivity contribution in [2.45, 2.75) is 0 Å². The highest BCUT2D eigenvalue weighted by Crippen LogP contribution is 2.25. The molecule has 0 saturated carbocycles. The highest BCUT2D eigenvalue weighted by molar-refractivity contribution is 6.08. The molecule has 2 heterocycles. The first-order chi connectivity index (χ1) is 13.7. The zero-order chi connectivity index (χ0) is 19.5. The number of nitriles is 1. The highest BCUT2D eigenvalue weighted by Gasteiger charge is 2.13. The van der Waals surface area contributed by atoms with Crippen LogP contribution in [0, 0.1) is 11.3 Å². The standard InChI is InChI=1S/C22H14N4O2/c23-12-18-11-17(8-9-24-18)25-22(28)15-6-7-21-20(10-15)16(14-27)13-26(21)19-4-2-1-3-5-19/h1-11,13-14H,(H,24,25,28). The van der Waals surface area contributed by atoms with Crippen molar-refractivity contribution >= 4 is 28.8 Å². The molecule has 28 heavy (non-hydrogen) atoms. The van der Waals surface area contributed by atoms with Crippen LogP contribution < -0.4 is 5.32 Å². The van der Waals surface area contributed by atoms with Crippen LogP contribution in [0.5, 0.6) is 0 Å². The summed E-state index contributed by atoms with van der Waals surface area (Å²) in [4.78, 5) is 28.1. The van der Waals surface area contributed by atoms with Crippen LogP contribution in [0.3, 0.4) is 0 Å². The van der Waals surface area contributed by atoms with Crippen molar-refractivity contribution in [3.8, 4) is 11.8 Å². The maximum Gasteiger partial charge on any atom is 0.255 e. The Bertz CT molecular complexity index is 1240. The van der Waals surface area contributed by atoms with Crippen molar-refractivity contribution in [3.05, 3.63) is 89.9 Å². The van der Waals surface area contributed by atoms with Gasteiger partial charge in [-0.15, -0.1) is 0 Å². The van der Waals surface area contributed by atoms with E-state index in [0.29, 0.717) is 22.2 Å². The minimum absolute atomic E-state index is 0.219. The van der Waals surface area contributed by atoms with Gasteiger partial charge < -0.3 is 9.88 Å². The molecule has 0 radical (unpaired) electrons. The number of pyridine rings is 1. The Labute approximate surface area is 160 Å². The lowest BCUT2D eigenvalue weighted by Crippen LogP contribution is -2.12. The van der Waals surface area contributed by atoms with Gasteiger partial charge in [-0.25, -0.2) is 4.98 Å². The van der Waals surface area contributed by atoms with Crippen LogP contribution in [0.15, 0.2) is 73.1 Å². The van der Waals surface area contributed by atoms with Crippen molar-refractivity contribution in [1.29, 1.82) is 5.26 Å². The molecule has 1 amide bonds. The van der Waals surface area contributed by atoms with E-state index in [2.05, 4.69) is 10.3 Å². The van der Waals surface area contributed by atoms with Crippen LogP contribution in [0.1, 0.15) is 26.4 Å². The predicted molar refractivity (Wildman–Crippen MR) is 106 cm³/mol. The smallest absolute Gasteiger partial charge is 0.255 e. The molecule has 0 unspecified atom stereocenters. The number of carbonyl (C=O) groups excluding carboxylic acids is 2. The molecule has 134 valence electrons. The lowest BCUT2D eigenvalue weighted by molar-refractivity contribution is 0.102. The predicted octanol–water partition coefficient (Wildman–Crippen LogP) is 3.96. The summed E-state index contributed by atoms with van der Waals surface area (Å²) in [5.74, 6) is -0.332. The number of fused-ring (bicyclic) bond motifs is 1. The van der Waals surface area contributed by atoms with Crippen LogP contribution in [0.4, 0.5) is 5.69 Å². The molecule has 0 saturated heterocycles. The van der Waals surface area contributed by atoms with Crippen molar-refractivity contribution in [1.82, 2.24) is 9.55 Å². The van der Waals surface area contributed by atoms with Crippen LogP contribution in [0.2, 0.25) is 0 Å². The molecule has 6 heteroatoms. The summed E-state index contributed by atoms with van der Waals surface area (Å²) in [5, 5.41) is 12.4. The van der Waals surface area contributed by atoms with E-state index in [1.165, 1.54) is 12.3 Å². The number of nitrogens with one attached hydrogen (secondary N) is 1. The number of hydrogen-bond acceptors (Lipinski definition) is 4. The molecule has 2 aromatic carbocycles. The molecule has 0 bridgehead atoms. The second-order valence-corrected chi connectivity index (χ2v) is 6.14. The summed E-state index contributed by atoms with van der Waals surface area (Å²) in [6.07, 6.45) is 4.00. The molecule has 2 aromatic heterocycles. The number of carbonyl (C=O) groups is 2. The summed E-state index contributed by atoms with van der Waals surface area (Å²) >= 11 is 0. The van der Waals surface area contributed by atoms with Crippen LogP contribution in [0.25, 0.3) is 16.6 Å². The minimum Gasteiger partial charge on any atom is -0.322 e. The zero-order valence-electron chi connectivity index (χ0n) is 14.7. The molecule has 4 rings (SSSR count). The average molecular weight is 366 g/mol. The number of aromatic nitrogens is 2. The minimum atomic E-state index is -0.332. The van der Waals surface area contributed by atoms with Gasteiger partial charge in [0.1, 0.15) is 11.8 Å². The maximum absolute atomic E-state index is 12.6. The molecule has 4 aromatic rings. The van der Waals surface area contributed by atoms with E-state index in [1.54, 1.807) is 24.4 Å². The number of hydrogen-bond donors (Lipinski definition) is 1. The second kappa shape index (κ2) is 7.17. The summed E-state index contributed by atoms with van der Waals surface area (Å²) in [6, 6.07) is 19.9. The van der Waals surface area contributed by atoms with Gasteiger partial charge in [0.05, 0.1) is 5.52 Å². The van der Waals surface area contributed by atoms with E-state index in [-0.39, 0.29) is 11.6 Å². The van der Waals surface area contributed by atoms with Gasteiger partial charge in [-0.3, -0.25) is 9.59 Å². The monoisotopic (exact) mass is 366 g/mol. The normalized spacial score (nSPS) is 10.4.